The van der Waals surface area contributed by atoms with Gasteiger partial charge in [0.05, 0.1) is 23.6 Å². The summed E-state index contributed by atoms with van der Waals surface area (Å²) in [6, 6.07) is 5.62. The average molecular weight is 425 g/mol. The Morgan fingerprint density at radius 3 is 2.48 bits per heavy atom. The topological polar surface area (TPSA) is 106 Å². The Labute approximate surface area is 168 Å². The largest absolute Gasteiger partial charge is 0.373 e. The van der Waals surface area contributed by atoms with E-state index in [-0.39, 0.29) is 36.1 Å². The molecular formula is C18H24FN5O4S. The van der Waals surface area contributed by atoms with Crippen LogP contribution in [0.2, 0.25) is 0 Å². The molecule has 11 heteroatoms. The van der Waals surface area contributed by atoms with Gasteiger partial charge in [-0.05, 0) is 45.0 Å². The molecule has 158 valence electrons. The number of benzene rings is 1. The average Bonchev–Trinajstić information content (AvgIpc) is 3.03. The summed E-state index contributed by atoms with van der Waals surface area (Å²) >= 11 is 0. The lowest BCUT2D eigenvalue weighted by atomic mass is 10.3. The molecule has 2 unspecified atom stereocenters. The number of ether oxygens (including phenoxy) is 1. The number of halogens is 1. The number of carbonyl (C=O) groups is 1. The molecular weight excluding hydrogens is 401 g/mol. The number of nitrogens with zero attached hydrogens (tertiary/aromatic N) is 4. The molecule has 0 aliphatic carbocycles. The molecule has 29 heavy (non-hydrogen) atoms. The zero-order valence-corrected chi connectivity index (χ0v) is 17.3. The van der Waals surface area contributed by atoms with Gasteiger partial charge in [-0.3, -0.25) is 4.79 Å². The summed E-state index contributed by atoms with van der Waals surface area (Å²) in [4.78, 5) is 16.4. The number of hydrogen-bond acceptors (Lipinski definition) is 6. The Hall–Kier alpha value is -2.37. The quantitative estimate of drug-likeness (QED) is 0.737. The highest BCUT2D eigenvalue weighted by Gasteiger charge is 2.30. The number of hydrogen-bond donors (Lipinski definition) is 1. The van der Waals surface area contributed by atoms with Crippen molar-refractivity contribution in [3.63, 3.8) is 0 Å². The van der Waals surface area contributed by atoms with Crippen LogP contribution in [-0.2, 0) is 14.8 Å². The second kappa shape index (κ2) is 8.56. The van der Waals surface area contributed by atoms with Crippen molar-refractivity contribution >= 4 is 15.9 Å². The lowest BCUT2D eigenvalue weighted by Gasteiger charge is -2.34. The van der Waals surface area contributed by atoms with E-state index in [0.717, 1.165) is 0 Å². The third-order valence-electron chi connectivity index (χ3n) is 4.47. The molecule has 0 saturated carbocycles. The van der Waals surface area contributed by atoms with E-state index in [4.69, 9.17) is 4.74 Å². The van der Waals surface area contributed by atoms with Crippen molar-refractivity contribution in [2.75, 3.05) is 25.4 Å². The molecule has 3 rings (SSSR count). The Morgan fingerprint density at radius 2 is 1.86 bits per heavy atom. The van der Waals surface area contributed by atoms with Crippen LogP contribution < -0.4 is 5.32 Å². The summed E-state index contributed by atoms with van der Waals surface area (Å²) in [5.41, 5.74) is 0.564. The maximum absolute atomic E-state index is 13.1. The summed E-state index contributed by atoms with van der Waals surface area (Å²) in [6.45, 7) is 5.84. The van der Waals surface area contributed by atoms with Gasteiger partial charge in [0.2, 0.25) is 15.8 Å². The minimum absolute atomic E-state index is 0.0641. The van der Waals surface area contributed by atoms with Crippen LogP contribution in [0.4, 0.5) is 4.39 Å². The van der Waals surface area contributed by atoms with Crippen molar-refractivity contribution in [2.45, 2.75) is 33.0 Å². The third-order valence-corrected chi connectivity index (χ3v) is 6.27. The zero-order chi connectivity index (χ0) is 21.2. The first kappa shape index (κ1) is 21.3. The third kappa shape index (κ3) is 5.17. The monoisotopic (exact) mass is 425 g/mol. The second-order valence-corrected chi connectivity index (χ2v) is 9.11. The Morgan fingerprint density at radius 1 is 1.24 bits per heavy atom. The minimum Gasteiger partial charge on any atom is -0.373 e. The van der Waals surface area contributed by atoms with E-state index in [2.05, 4.69) is 15.4 Å². The summed E-state index contributed by atoms with van der Waals surface area (Å²) in [5.74, 6) is -0.818. The molecule has 2 atom stereocenters. The van der Waals surface area contributed by atoms with Gasteiger partial charge >= 0.3 is 0 Å². The number of aryl methyl sites for hydroxylation is 1. The van der Waals surface area contributed by atoms with Crippen molar-refractivity contribution in [1.82, 2.24) is 24.4 Å². The maximum Gasteiger partial charge on any atom is 0.291 e. The van der Waals surface area contributed by atoms with Crippen molar-refractivity contribution in [2.24, 2.45) is 0 Å². The Bertz CT molecular complexity index is 967. The molecule has 1 aliphatic heterocycles. The molecule has 1 aliphatic rings. The fourth-order valence-electron chi connectivity index (χ4n) is 3.17. The van der Waals surface area contributed by atoms with Gasteiger partial charge < -0.3 is 10.1 Å². The SMILES string of the molecule is Cc1nc(C(=O)NCCS(=O)(=O)N2CC(C)OC(C)C2)nn1-c1ccc(F)cc1. The van der Waals surface area contributed by atoms with Gasteiger partial charge in [-0.25, -0.2) is 22.5 Å². The molecule has 2 heterocycles. The summed E-state index contributed by atoms with van der Waals surface area (Å²) in [5, 5.41) is 6.67. The first-order chi connectivity index (χ1) is 13.7. The van der Waals surface area contributed by atoms with Crippen LogP contribution in [0, 0.1) is 12.7 Å². The number of amides is 1. The van der Waals surface area contributed by atoms with Crippen LogP contribution in [0.3, 0.4) is 0 Å². The lowest BCUT2D eigenvalue weighted by Crippen LogP contribution is -2.49. The van der Waals surface area contributed by atoms with E-state index in [9.17, 15) is 17.6 Å². The van der Waals surface area contributed by atoms with E-state index in [0.29, 0.717) is 24.6 Å². The van der Waals surface area contributed by atoms with Crippen LogP contribution in [0.15, 0.2) is 24.3 Å². The predicted octanol–water partition coefficient (Wildman–Crippen LogP) is 0.884. The fraction of sp³-hybridized carbons (Fsp3) is 0.500. The lowest BCUT2D eigenvalue weighted by molar-refractivity contribution is -0.0440. The van der Waals surface area contributed by atoms with Crippen molar-refractivity contribution in [1.29, 1.82) is 0 Å². The molecule has 9 nitrogen and oxygen atoms in total. The van der Waals surface area contributed by atoms with Crippen LogP contribution >= 0.6 is 0 Å². The van der Waals surface area contributed by atoms with Gasteiger partial charge in [0.15, 0.2) is 0 Å². The molecule has 0 bridgehead atoms. The summed E-state index contributed by atoms with van der Waals surface area (Å²) in [6.07, 6.45) is -0.351. The van der Waals surface area contributed by atoms with Gasteiger partial charge in [-0.15, -0.1) is 5.10 Å². The Kier molecular flexibility index (Phi) is 6.30. The maximum atomic E-state index is 13.1. The fourth-order valence-corrected chi connectivity index (χ4v) is 4.66. The molecule has 1 aromatic carbocycles. The first-order valence-electron chi connectivity index (χ1n) is 9.27. The van der Waals surface area contributed by atoms with E-state index in [1.54, 1.807) is 6.92 Å². The smallest absolute Gasteiger partial charge is 0.291 e. The molecule has 0 radical (unpaired) electrons. The zero-order valence-electron chi connectivity index (χ0n) is 16.5. The minimum atomic E-state index is -3.52. The predicted molar refractivity (Wildman–Crippen MR) is 104 cm³/mol. The highest BCUT2D eigenvalue weighted by molar-refractivity contribution is 7.89. The van der Waals surface area contributed by atoms with Crippen molar-refractivity contribution < 1.29 is 22.3 Å². The highest BCUT2D eigenvalue weighted by Crippen LogP contribution is 2.15. The normalized spacial score (nSPS) is 20.6. The number of carbonyl (C=O) groups excluding carboxylic acids is 1. The van der Waals surface area contributed by atoms with Crippen LogP contribution in [-0.4, -0.2) is 71.0 Å². The second-order valence-electron chi connectivity index (χ2n) is 7.02. The van der Waals surface area contributed by atoms with Gasteiger partial charge in [0.1, 0.15) is 11.6 Å². The van der Waals surface area contributed by atoms with Crippen molar-refractivity contribution in [3.8, 4) is 5.69 Å². The van der Waals surface area contributed by atoms with Crippen LogP contribution in [0.25, 0.3) is 5.69 Å². The number of morpholine rings is 1. The Balaban J connectivity index is 1.60. The molecule has 1 aromatic heterocycles. The number of rotatable bonds is 6. The number of aromatic nitrogens is 3. The first-order valence-corrected chi connectivity index (χ1v) is 10.9. The standard InChI is InChI=1S/C18H24FN5O4S/c1-12-10-23(11-13(2)28-12)29(26,27)9-8-20-18(25)17-21-14(3)24(22-17)16-6-4-15(19)5-7-16/h4-7,12-13H,8-11H2,1-3H3,(H,20,25). The van der Waals surface area contributed by atoms with Gasteiger partial charge in [0.25, 0.3) is 5.91 Å². The molecule has 1 fully saturated rings. The van der Waals surface area contributed by atoms with Crippen LogP contribution in [0.5, 0.6) is 0 Å². The highest BCUT2D eigenvalue weighted by atomic mass is 32.2. The van der Waals surface area contributed by atoms with E-state index in [1.165, 1.54) is 33.3 Å². The van der Waals surface area contributed by atoms with Crippen molar-refractivity contribution in [3.05, 3.63) is 41.7 Å². The molecule has 1 saturated heterocycles. The molecule has 1 amide bonds. The van der Waals surface area contributed by atoms with E-state index < -0.39 is 15.9 Å². The van der Waals surface area contributed by atoms with Gasteiger partial charge in [0, 0.05) is 19.6 Å². The number of nitrogens with one attached hydrogen (secondary N) is 1. The molecule has 2 aromatic rings. The van der Waals surface area contributed by atoms with Crippen LogP contribution in [0.1, 0.15) is 30.3 Å². The summed E-state index contributed by atoms with van der Waals surface area (Å²) < 4.78 is 46.5. The van der Waals surface area contributed by atoms with Gasteiger partial charge in [-0.2, -0.15) is 4.31 Å². The molecule has 1 N–H and O–H groups in total. The summed E-state index contributed by atoms with van der Waals surface area (Å²) in [7, 11) is -3.52. The number of sulfonamides is 1. The van der Waals surface area contributed by atoms with Gasteiger partial charge in [-0.1, -0.05) is 0 Å². The van der Waals surface area contributed by atoms with E-state index in [1.807, 2.05) is 13.8 Å². The van der Waals surface area contributed by atoms with E-state index >= 15 is 0 Å². The molecule has 0 spiro atoms.